The number of aryl methyl sites for hydroxylation is 1. The zero-order valence-electron chi connectivity index (χ0n) is 24.0. The summed E-state index contributed by atoms with van der Waals surface area (Å²) in [6.45, 7) is 3.78. The molecule has 41 heavy (non-hydrogen) atoms. The summed E-state index contributed by atoms with van der Waals surface area (Å²) < 4.78 is 32.7. The average molecular weight is 578 g/mol. The highest BCUT2D eigenvalue weighted by Gasteiger charge is 2.31. The molecule has 1 N–H and O–H groups in total. The number of anilines is 1. The van der Waals surface area contributed by atoms with Crippen LogP contribution in [-0.4, -0.2) is 50.0 Å². The van der Waals surface area contributed by atoms with E-state index in [0.717, 1.165) is 52.9 Å². The van der Waals surface area contributed by atoms with Gasteiger partial charge in [-0.05, 0) is 67.6 Å². The lowest BCUT2D eigenvalue weighted by molar-refractivity contribution is -0.139. The number of nitrogens with zero attached hydrogens (tertiary/aromatic N) is 2. The molecule has 0 aromatic heterocycles. The van der Waals surface area contributed by atoms with Crippen LogP contribution >= 0.6 is 0 Å². The van der Waals surface area contributed by atoms with E-state index in [2.05, 4.69) is 5.32 Å². The van der Waals surface area contributed by atoms with Gasteiger partial charge in [-0.25, -0.2) is 8.42 Å². The van der Waals surface area contributed by atoms with Crippen LogP contribution in [0.5, 0.6) is 5.75 Å². The number of carbonyl (C=O) groups is 2. The molecule has 1 saturated carbocycles. The van der Waals surface area contributed by atoms with Gasteiger partial charge in [0.05, 0.1) is 11.9 Å². The maximum Gasteiger partial charge on any atom is 0.244 e. The third-order valence-corrected chi connectivity index (χ3v) is 8.66. The van der Waals surface area contributed by atoms with E-state index >= 15 is 0 Å². The van der Waals surface area contributed by atoms with E-state index in [4.69, 9.17) is 4.74 Å². The molecule has 0 bridgehead atoms. The fourth-order valence-corrected chi connectivity index (χ4v) is 5.86. The number of benzene rings is 3. The molecule has 0 heterocycles. The fraction of sp³-hybridized carbons (Fsp3) is 0.375. The molecule has 0 spiro atoms. The number of ether oxygens (including phenoxy) is 1. The Morgan fingerprint density at radius 2 is 1.59 bits per heavy atom. The first-order chi connectivity index (χ1) is 19.6. The first-order valence-electron chi connectivity index (χ1n) is 14.0. The topological polar surface area (TPSA) is 96.0 Å². The Morgan fingerprint density at radius 3 is 2.22 bits per heavy atom. The second kappa shape index (κ2) is 13.7. The summed E-state index contributed by atoms with van der Waals surface area (Å²) in [7, 11) is -3.82. The van der Waals surface area contributed by atoms with Gasteiger partial charge in [0, 0.05) is 12.6 Å². The maximum atomic E-state index is 13.8. The number of rotatable bonds is 12. The van der Waals surface area contributed by atoms with Crippen LogP contribution in [0.3, 0.4) is 0 Å². The predicted molar refractivity (Wildman–Crippen MR) is 161 cm³/mol. The minimum Gasteiger partial charge on any atom is -0.489 e. The highest BCUT2D eigenvalue weighted by molar-refractivity contribution is 7.92. The fourth-order valence-electron chi connectivity index (χ4n) is 5.01. The summed E-state index contributed by atoms with van der Waals surface area (Å²) in [5.74, 6) is -0.113. The lowest BCUT2D eigenvalue weighted by Crippen LogP contribution is -2.52. The van der Waals surface area contributed by atoms with E-state index < -0.39 is 28.5 Å². The normalized spacial score (nSPS) is 14.3. The van der Waals surface area contributed by atoms with Crippen molar-refractivity contribution in [2.24, 2.45) is 0 Å². The number of hydrogen-bond acceptors (Lipinski definition) is 5. The summed E-state index contributed by atoms with van der Waals surface area (Å²) in [6, 6.07) is 23.3. The highest BCUT2D eigenvalue weighted by Crippen LogP contribution is 2.24. The largest absolute Gasteiger partial charge is 0.489 e. The molecule has 1 fully saturated rings. The molecule has 3 aromatic rings. The van der Waals surface area contributed by atoms with Crippen molar-refractivity contribution in [2.45, 2.75) is 64.8 Å². The molecule has 1 atom stereocenters. The molecular weight excluding hydrogens is 538 g/mol. The first kappa shape index (κ1) is 30.1. The summed E-state index contributed by atoms with van der Waals surface area (Å²) in [5.41, 5.74) is 3.23. The van der Waals surface area contributed by atoms with Crippen molar-refractivity contribution in [3.8, 4) is 5.75 Å². The summed E-state index contributed by atoms with van der Waals surface area (Å²) >= 11 is 0. The molecule has 218 valence electrons. The van der Waals surface area contributed by atoms with Crippen molar-refractivity contribution < 1.29 is 22.7 Å². The minimum absolute atomic E-state index is 0.107. The molecule has 2 amide bonds. The van der Waals surface area contributed by atoms with E-state index in [-0.39, 0.29) is 18.5 Å². The highest BCUT2D eigenvalue weighted by atomic mass is 32.2. The van der Waals surface area contributed by atoms with Crippen LogP contribution in [0, 0.1) is 6.92 Å². The van der Waals surface area contributed by atoms with Gasteiger partial charge < -0.3 is 15.0 Å². The van der Waals surface area contributed by atoms with Crippen molar-refractivity contribution in [3.05, 3.63) is 95.6 Å². The average Bonchev–Trinajstić information content (AvgIpc) is 3.47. The molecule has 4 rings (SSSR count). The monoisotopic (exact) mass is 577 g/mol. The van der Waals surface area contributed by atoms with Crippen molar-refractivity contribution >= 4 is 27.5 Å². The van der Waals surface area contributed by atoms with Crippen LogP contribution < -0.4 is 14.4 Å². The molecular formula is C32H39N3O5S. The van der Waals surface area contributed by atoms with E-state index in [9.17, 15) is 18.0 Å². The molecule has 0 aliphatic heterocycles. The molecule has 0 radical (unpaired) electrons. The number of hydrogen-bond donors (Lipinski definition) is 1. The first-order valence-corrected chi connectivity index (χ1v) is 15.9. The molecule has 1 aliphatic rings. The van der Waals surface area contributed by atoms with Crippen LogP contribution in [0.1, 0.15) is 49.3 Å². The Kier molecular flexibility index (Phi) is 10.0. The van der Waals surface area contributed by atoms with Crippen LogP contribution in [0.25, 0.3) is 0 Å². The number of amides is 2. The van der Waals surface area contributed by atoms with E-state index in [1.54, 1.807) is 31.2 Å². The Hall–Kier alpha value is -3.85. The zero-order valence-corrected chi connectivity index (χ0v) is 24.8. The minimum atomic E-state index is -3.82. The van der Waals surface area contributed by atoms with Crippen LogP contribution in [0.15, 0.2) is 78.9 Å². The third kappa shape index (κ3) is 8.33. The predicted octanol–water partition coefficient (Wildman–Crippen LogP) is 4.82. The molecule has 1 aliphatic carbocycles. The van der Waals surface area contributed by atoms with Crippen molar-refractivity contribution in [1.82, 2.24) is 10.2 Å². The molecule has 8 nitrogen and oxygen atoms in total. The zero-order chi connectivity index (χ0) is 29.4. The summed E-state index contributed by atoms with van der Waals surface area (Å²) in [6.07, 6.45) is 5.07. The van der Waals surface area contributed by atoms with Gasteiger partial charge in [-0.2, -0.15) is 0 Å². The Balaban J connectivity index is 1.53. The standard InChI is InChI=1S/C32H39N3O5S/c1-24-11-7-8-14-27(24)21-34(25(2)32(37)33-28-15-9-10-16-28)31(36)22-35(41(3,38)39)29-17-19-30(20-18-29)40-23-26-12-5-4-6-13-26/h4-8,11-14,17-20,25,28H,9-10,15-16,21-23H2,1-3H3,(H,33,37). The van der Waals surface area contributed by atoms with Gasteiger partial charge in [0.1, 0.15) is 24.9 Å². The Morgan fingerprint density at radius 1 is 0.951 bits per heavy atom. The van der Waals surface area contributed by atoms with Crippen molar-refractivity contribution in [1.29, 1.82) is 0 Å². The van der Waals surface area contributed by atoms with Gasteiger partial charge >= 0.3 is 0 Å². The van der Waals surface area contributed by atoms with Gasteiger partial charge in [0.15, 0.2) is 0 Å². The molecule has 1 unspecified atom stereocenters. The smallest absolute Gasteiger partial charge is 0.244 e. The lowest BCUT2D eigenvalue weighted by atomic mass is 10.1. The van der Waals surface area contributed by atoms with Gasteiger partial charge in [-0.3, -0.25) is 13.9 Å². The van der Waals surface area contributed by atoms with Gasteiger partial charge in [-0.15, -0.1) is 0 Å². The third-order valence-electron chi connectivity index (χ3n) is 7.52. The number of carbonyl (C=O) groups excluding carboxylic acids is 2. The van der Waals surface area contributed by atoms with E-state index in [1.165, 1.54) is 4.90 Å². The second-order valence-electron chi connectivity index (χ2n) is 10.7. The van der Waals surface area contributed by atoms with Gasteiger partial charge in [0.25, 0.3) is 0 Å². The molecule has 9 heteroatoms. The summed E-state index contributed by atoms with van der Waals surface area (Å²) in [4.78, 5) is 28.5. The van der Waals surface area contributed by atoms with Crippen LogP contribution in [-0.2, 0) is 32.8 Å². The van der Waals surface area contributed by atoms with Crippen LogP contribution in [0.4, 0.5) is 5.69 Å². The van der Waals surface area contributed by atoms with E-state index in [0.29, 0.717) is 18.0 Å². The summed E-state index contributed by atoms with van der Waals surface area (Å²) in [5, 5.41) is 3.08. The van der Waals surface area contributed by atoms with Gasteiger partial charge in [-0.1, -0.05) is 67.4 Å². The van der Waals surface area contributed by atoms with Crippen molar-refractivity contribution in [2.75, 3.05) is 17.1 Å². The maximum absolute atomic E-state index is 13.8. The van der Waals surface area contributed by atoms with Crippen LogP contribution in [0.2, 0.25) is 0 Å². The molecule has 3 aromatic carbocycles. The number of sulfonamides is 1. The Labute approximate surface area is 243 Å². The number of nitrogens with one attached hydrogen (secondary N) is 1. The second-order valence-corrected chi connectivity index (χ2v) is 12.6. The lowest BCUT2D eigenvalue weighted by Gasteiger charge is -2.32. The quantitative estimate of drug-likeness (QED) is 0.333. The van der Waals surface area contributed by atoms with Crippen molar-refractivity contribution in [3.63, 3.8) is 0 Å². The van der Waals surface area contributed by atoms with E-state index in [1.807, 2.05) is 61.5 Å². The molecule has 0 saturated heterocycles. The SMILES string of the molecule is Cc1ccccc1CN(C(=O)CN(c1ccc(OCc2ccccc2)cc1)S(C)(=O)=O)C(C)C(=O)NC1CCCC1. The Bertz CT molecular complexity index is 1420. The van der Waals surface area contributed by atoms with Gasteiger partial charge in [0.2, 0.25) is 21.8 Å².